The van der Waals surface area contributed by atoms with Gasteiger partial charge < -0.3 is 16.4 Å². The van der Waals surface area contributed by atoms with Gasteiger partial charge in [-0.1, -0.05) is 20.8 Å². The second-order valence-electron chi connectivity index (χ2n) is 6.93. The van der Waals surface area contributed by atoms with E-state index in [0.29, 0.717) is 11.7 Å². The normalized spacial score (nSPS) is 12.7. The number of nitrogens with zero attached hydrogens (tertiary/aromatic N) is 1. The highest BCUT2D eigenvalue weighted by atomic mass is 32.1. The molecule has 2 heterocycles. The molecule has 0 aromatic carbocycles. The van der Waals surface area contributed by atoms with Gasteiger partial charge in [-0.15, -0.1) is 22.7 Å². The first-order valence-electron chi connectivity index (χ1n) is 7.95. The molecule has 0 fully saturated rings. The summed E-state index contributed by atoms with van der Waals surface area (Å²) in [5.41, 5.74) is 6.53. The number of anilines is 1. The molecule has 2 aromatic rings. The predicted octanol–water partition coefficient (Wildman–Crippen LogP) is 3.13. The first kappa shape index (κ1) is 19.6. The van der Waals surface area contributed by atoms with Gasteiger partial charge in [0.05, 0.1) is 23.2 Å². The molecule has 0 saturated heterocycles. The number of rotatable bonds is 5. The van der Waals surface area contributed by atoms with Crippen LogP contribution in [0.4, 0.5) is 5.13 Å². The van der Waals surface area contributed by atoms with E-state index in [1.54, 1.807) is 11.3 Å². The molecule has 0 radical (unpaired) electrons. The third-order valence-electron chi connectivity index (χ3n) is 3.65. The number of thiophene rings is 1. The molecular weight excluding hydrogens is 356 g/mol. The van der Waals surface area contributed by atoms with Crippen molar-refractivity contribution in [2.45, 2.75) is 47.2 Å². The molecule has 2 aromatic heterocycles. The van der Waals surface area contributed by atoms with E-state index in [9.17, 15) is 9.59 Å². The number of amides is 2. The fraction of sp³-hybridized carbons (Fsp3) is 0.471. The molecule has 0 saturated carbocycles. The molecule has 0 spiro atoms. The van der Waals surface area contributed by atoms with Crippen molar-refractivity contribution in [2.24, 2.45) is 11.1 Å². The van der Waals surface area contributed by atoms with Crippen LogP contribution in [-0.2, 0) is 16.1 Å². The van der Waals surface area contributed by atoms with E-state index in [0.717, 1.165) is 20.3 Å². The van der Waals surface area contributed by atoms with Gasteiger partial charge in [0.1, 0.15) is 0 Å². The van der Waals surface area contributed by atoms with Gasteiger partial charge in [-0.25, -0.2) is 4.98 Å². The summed E-state index contributed by atoms with van der Waals surface area (Å²) in [5, 5.41) is 6.15. The molecular formula is C17H24N4O2S2. The second-order valence-corrected chi connectivity index (χ2v) is 9.30. The molecule has 1 atom stereocenters. The minimum atomic E-state index is -0.605. The van der Waals surface area contributed by atoms with E-state index in [1.807, 2.05) is 39.8 Å². The van der Waals surface area contributed by atoms with Crippen LogP contribution in [0.15, 0.2) is 12.1 Å². The SMILES string of the molecule is CC(=O)NCc1ccc(-c2nc(NC(=O)[C@@H](N)C(C)(C)C)sc2C)s1. The quantitative estimate of drug-likeness (QED) is 0.742. The standard InChI is InChI=1S/C17H24N4O2S2/c1-9-13(12-7-6-11(25-12)8-19-10(2)22)20-16(24-9)21-15(23)14(18)17(3,4)5/h6-7,14H,8,18H2,1-5H3,(H,19,22)(H,20,21,23)/t14-/m1/s1. The van der Waals surface area contributed by atoms with Crippen molar-refractivity contribution in [1.29, 1.82) is 0 Å². The maximum atomic E-state index is 12.3. The van der Waals surface area contributed by atoms with Crippen LogP contribution < -0.4 is 16.4 Å². The fourth-order valence-corrected chi connectivity index (χ4v) is 3.96. The summed E-state index contributed by atoms with van der Waals surface area (Å²) in [4.78, 5) is 30.9. The van der Waals surface area contributed by atoms with E-state index >= 15 is 0 Å². The second kappa shape index (κ2) is 7.63. The van der Waals surface area contributed by atoms with Gasteiger partial charge in [0.25, 0.3) is 0 Å². The smallest absolute Gasteiger partial charge is 0.243 e. The Hall–Kier alpha value is -1.77. The predicted molar refractivity (Wildman–Crippen MR) is 104 cm³/mol. The number of aromatic nitrogens is 1. The molecule has 8 heteroatoms. The number of nitrogens with two attached hydrogens (primary N) is 1. The monoisotopic (exact) mass is 380 g/mol. The Labute approximate surface area is 155 Å². The number of hydrogen-bond donors (Lipinski definition) is 3. The van der Waals surface area contributed by atoms with Gasteiger partial charge in [0.2, 0.25) is 11.8 Å². The van der Waals surface area contributed by atoms with Crippen molar-refractivity contribution in [3.63, 3.8) is 0 Å². The highest BCUT2D eigenvalue weighted by molar-refractivity contribution is 7.18. The summed E-state index contributed by atoms with van der Waals surface area (Å²) in [6, 6.07) is 3.35. The molecule has 0 bridgehead atoms. The van der Waals surface area contributed by atoms with E-state index in [1.165, 1.54) is 18.3 Å². The average molecular weight is 381 g/mol. The Morgan fingerprint density at radius 2 is 1.96 bits per heavy atom. The number of hydrogen-bond acceptors (Lipinski definition) is 6. The number of aryl methyl sites for hydroxylation is 1. The molecule has 0 aliphatic heterocycles. The zero-order valence-corrected chi connectivity index (χ0v) is 16.7. The number of nitrogens with one attached hydrogen (secondary N) is 2. The Balaban J connectivity index is 2.12. The van der Waals surface area contributed by atoms with Gasteiger partial charge in [0.15, 0.2) is 5.13 Å². The summed E-state index contributed by atoms with van der Waals surface area (Å²) < 4.78 is 0. The van der Waals surface area contributed by atoms with E-state index < -0.39 is 6.04 Å². The topological polar surface area (TPSA) is 97.1 Å². The van der Waals surface area contributed by atoms with Crippen molar-refractivity contribution in [3.8, 4) is 10.6 Å². The molecule has 136 valence electrons. The first-order valence-corrected chi connectivity index (χ1v) is 9.58. The summed E-state index contributed by atoms with van der Waals surface area (Å²) in [5.74, 6) is -0.287. The van der Waals surface area contributed by atoms with Gasteiger partial charge in [-0.05, 0) is 24.5 Å². The van der Waals surface area contributed by atoms with Gasteiger partial charge >= 0.3 is 0 Å². The number of carbonyl (C=O) groups is 2. The zero-order valence-electron chi connectivity index (χ0n) is 15.1. The lowest BCUT2D eigenvalue weighted by atomic mass is 9.87. The van der Waals surface area contributed by atoms with Crippen LogP contribution in [0.25, 0.3) is 10.6 Å². The van der Waals surface area contributed by atoms with Crippen LogP contribution in [0.5, 0.6) is 0 Å². The van der Waals surface area contributed by atoms with Crippen LogP contribution in [0.3, 0.4) is 0 Å². The van der Waals surface area contributed by atoms with Crippen molar-refractivity contribution in [2.75, 3.05) is 5.32 Å². The Kier molecular flexibility index (Phi) is 5.97. The highest BCUT2D eigenvalue weighted by Gasteiger charge is 2.28. The Morgan fingerprint density at radius 3 is 2.56 bits per heavy atom. The minimum absolute atomic E-state index is 0.0556. The largest absolute Gasteiger partial charge is 0.351 e. The van der Waals surface area contributed by atoms with E-state index in [2.05, 4.69) is 15.6 Å². The first-order chi connectivity index (χ1) is 11.6. The molecule has 6 nitrogen and oxygen atoms in total. The average Bonchev–Trinajstić information content (AvgIpc) is 3.09. The molecule has 2 amide bonds. The van der Waals surface area contributed by atoms with Gasteiger partial charge in [-0.2, -0.15) is 0 Å². The molecule has 4 N–H and O–H groups in total. The maximum Gasteiger partial charge on any atom is 0.243 e. The lowest BCUT2D eigenvalue weighted by Crippen LogP contribution is -2.45. The van der Waals surface area contributed by atoms with E-state index in [-0.39, 0.29) is 17.2 Å². The lowest BCUT2D eigenvalue weighted by Gasteiger charge is -2.25. The van der Waals surface area contributed by atoms with Crippen LogP contribution in [0, 0.1) is 12.3 Å². The fourth-order valence-electron chi connectivity index (χ4n) is 2.07. The Bertz CT molecular complexity index is 774. The minimum Gasteiger partial charge on any atom is -0.351 e. The van der Waals surface area contributed by atoms with E-state index in [4.69, 9.17) is 5.73 Å². The summed E-state index contributed by atoms with van der Waals surface area (Å²) in [7, 11) is 0. The Morgan fingerprint density at radius 1 is 1.28 bits per heavy atom. The van der Waals surface area contributed by atoms with Gasteiger partial charge in [0, 0.05) is 16.7 Å². The van der Waals surface area contributed by atoms with Crippen molar-refractivity contribution >= 4 is 39.6 Å². The lowest BCUT2D eigenvalue weighted by molar-refractivity contribution is -0.120. The van der Waals surface area contributed by atoms with Crippen LogP contribution >= 0.6 is 22.7 Å². The summed E-state index contributed by atoms with van der Waals surface area (Å²) in [6.45, 7) is 9.76. The highest BCUT2D eigenvalue weighted by Crippen LogP contribution is 2.35. The van der Waals surface area contributed by atoms with Crippen molar-refractivity contribution < 1.29 is 9.59 Å². The van der Waals surface area contributed by atoms with Gasteiger partial charge in [-0.3, -0.25) is 9.59 Å². The van der Waals surface area contributed by atoms with Crippen molar-refractivity contribution in [3.05, 3.63) is 21.9 Å². The molecule has 0 aliphatic carbocycles. The van der Waals surface area contributed by atoms with Crippen LogP contribution in [0.2, 0.25) is 0 Å². The molecule has 0 unspecified atom stereocenters. The molecule has 25 heavy (non-hydrogen) atoms. The summed E-state index contributed by atoms with van der Waals surface area (Å²) in [6.07, 6.45) is 0. The third-order valence-corrected chi connectivity index (χ3v) is 5.63. The molecule has 2 rings (SSSR count). The molecule has 0 aliphatic rings. The zero-order chi connectivity index (χ0) is 18.8. The summed E-state index contributed by atoms with van der Waals surface area (Å²) >= 11 is 3.01. The number of carbonyl (C=O) groups excluding carboxylic acids is 2. The number of thiazole rings is 1. The van der Waals surface area contributed by atoms with Crippen LogP contribution in [-0.4, -0.2) is 22.8 Å². The van der Waals surface area contributed by atoms with Crippen LogP contribution in [0.1, 0.15) is 37.4 Å². The third kappa shape index (κ3) is 5.10. The maximum absolute atomic E-state index is 12.3. The van der Waals surface area contributed by atoms with Crippen molar-refractivity contribution in [1.82, 2.24) is 10.3 Å².